The van der Waals surface area contributed by atoms with Gasteiger partial charge in [-0.1, -0.05) is 29.9 Å². The van der Waals surface area contributed by atoms with Crippen molar-refractivity contribution in [3.05, 3.63) is 62.8 Å². The standard InChI is InChI=1S/C14H9BrClFN2OS/c15-10-3-1-2-8(12(10)16)14(20)19-11-5-4-7(17)6-9(11)13(18)21/h1-6H,(H2,18,21)(H,19,20). The van der Waals surface area contributed by atoms with Gasteiger partial charge in [0.2, 0.25) is 0 Å². The first-order chi connectivity index (χ1) is 9.90. The lowest BCUT2D eigenvalue weighted by Crippen LogP contribution is -2.18. The number of amides is 1. The molecule has 0 heterocycles. The van der Waals surface area contributed by atoms with Crippen molar-refractivity contribution in [2.24, 2.45) is 5.73 Å². The van der Waals surface area contributed by atoms with E-state index in [1.807, 2.05) is 0 Å². The minimum absolute atomic E-state index is 0.00913. The predicted octanol–water partition coefficient (Wildman–Crippen LogP) is 4.13. The third-order valence-corrected chi connectivity index (χ3v) is 4.21. The van der Waals surface area contributed by atoms with Crippen LogP contribution in [0.1, 0.15) is 15.9 Å². The van der Waals surface area contributed by atoms with Crippen LogP contribution >= 0.6 is 39.7 Å². The quantitative estimate of drug-likeness (QED) is 0.779. The molecular weight excluding hydrogens is 379 g/mol. The van der Waals surface area contributed by atoms with Crippen LogP contribution in [0, 0.1) is 5.82 Å². The Hall–Kier alpha value is -1.50. The highest BCUT2D eigenvalue weighted by Crippen LogP contribution is 2.27. The third-order valence-electron chi connectivity index (χ3n) is 2.69. The van der Waals surface area contributed by atoms with Gasteiger partial charge in [-0.15, -0.1) is 0 Å². The summed E-state index contributed by atoms with van der Waals surface area (Å²) in [6.45, 7) is 0. The molecule has 2 aromatic rings. The average Bonchev–Trinajstić information content (AvgIpc) is 2.43. The Kier molecular flexibility index (Phi) is 4.92. The summed E-state index contributed by atoms with van der Waals surface area (Å²) in [7, 11) is 0. The second-order valence-electron chi connectivity index (χ2n) is 4.11. The van der Waals surface area contributed by atoms with Gasteiger partial charge in [0, 0.05) is 10.0 Å². The van der Waals surface area contributed by atoms with Crippen LogP contribution in [-0.4, -0.2) is 10.9 Å². The highest BCUT2D eigenvalue weighted by molar-refractivity contribution is 9.10. The summed E-state index contributed by atoms with van der Waals surface area (Å²) in [5, 5.41) is 2.91. The fraction of sp³-hybridized carbons (Fsp3) is 0. The van der Waals surface area contributed by atoms with Gasteiger partial charge in [-0.05, 0) is 46.3 Å². The van der Waals surface area contributed by atoms with Crippen molar-refractivity contribution in [3.63, 3.8) is 0 Å². The maximum atomic E-state index is 13.2. The number of halogens is 3. The highest BCUT2D eigenvalue weighted by atomic mass is 79.9. The van der Waals surface area contributed by atoms with Crippen LogP contribution in [0.4, 0.5) is 10.1 Å². The van der Waals surface area contributed by atoms with Gasteiger partial charge < -0.3 is 11.1 Å². The summed E-state index contributed by atoms with van der Waals surface area (Å²) < 4.78 is 13.8. The number of nitrogens with two attached hydrogens (primary N) is 1. The van der Waals surface area contributed by atoms with E-state index in [4.69, 9.17) is 29.6 Å². The predicted molar refractivity (Wildman–Crippen MR) is 89.4 cm³/mol. The number of benzene rings is 2. The second kappa shape index (κ2) is 6.51. The van der Waals surface area contributed by atoms with E-state index in [1.54, 1.807) is 18.2 Å². The van der Waals surface area contributed by atoms with Crippen LogP contribution in [0.15, 0.2) is 40.9 Å². The van der Waals surface area contributed by atoms with E-state index in [9.17, 15) is 9.18 Å². The molecule has 0 aliphatic heterocycles. The zero-order chi connectivity index (χ0) is 15.6. The summed E-state index contributed by atoms with van der Waals surface area (Å²) in [5.41, 5.74) is 6.39. The topological polar surface area (TPSA) is 55.1 Å². The molecule has 0 bridgehead atoms. The van der Waals surface area contributed by atoms with Crippen LogP contribution in [0.3, 0.4) is 0 Å². The molecule has 0 spiro atoms. The van der Waals surface area contributed by atoms with Gasteiger partial charge in [0.15, 0.2) is 0 Å². The van der Waals surface area contributed by atoms with Crippen LogP contribution in [0.25, 0.3) is 0 Å². The van der Waals surface area contributed by atoms with Gasteiger partial charge in [-0.2, -0.15) is 0 Å². The van der Waals surface area contributed by atoms with E-state index in [-0.39, 0.29) is 21.1 Å². The molecule has 1 amide bonds. The normalized spacial score (nSPS) is 10.2. The Morgan fingerprint density at radius 2 is 2.00 bits per heavy atom. The molecule has 21 heavy (non-hydrogen) atoms. The Morgan fingerprint density at radius 1 is 1.29 bits per heavy atom. The summed E-state index contributed by atoms with van der Waals surface area (Å²) in [6.07, 6.45) is 0. The lowest BCUT2D eigenvalue weighted by Gasteiger charge is -2.11. The molecule has 0 aliphatic rings. The summed E-state index contributed by atoms with van der Waals surface area (Å²) in [5.74, 6) is -0.929. The number of rotatable bonds is 3. The van der Waals surface area contributed by atoms with E-state index in [0.29, 0.717) is 10.2 Å². The van der Waals surface area contributed by atoms with Crippen molar-refractivity contribution in [2.45, 2.75) is 0 Å². The summed E-state index contributed by atoms with van der Waals surface area (Å²) >= 11 is 14.2. The molecule has 3 N–H and O–H groups in total. The van der Waals surface area contributed by atoms with E-state index < -0.39 is 11.7 Å². The molecule has 0 aliphatic carbocycles. The average molecular weight is 388 g/mol. The molecule has 0 saturated heterocycles. The van der Waals surface area contributed by atoms with Gasteiger partial charge in [0.25, 0.3) is 5.91 Å². The Bertz CT molecular complexity index is 739. The zero-order valence-corrected chi connectivity index (χ0v) is 13.7. The van der Waals surface area contributed by atoms with Crippen molar-refractivity contribution in [3.8, 4) is 0 Å². The Labute approximate surface area is 139 Å². The first-order valence-corrected chi connectivity index (χ1v) is 7.33. The van der Waals surface area contributed by atoms with Crippen LogP contribution in [0.2, 0.25) is 5.02 Å². The van der Waals surface area contributed by atoms with Gasteiger partial charge in [0.1, 0.15) is 10.8 Å². The molecule has 2 aromatic carbocycles. The fourth-order valence-electron chi connectivity index (χ4n) is 1.70. The first kappa shape index (κ1) is 15.9. The maximum absolute atomic E-state index is 13.2. The summed E-state index contributed by atoms with van der Waals surface area (Å²) in [4.78, 5) is 12.2. The van der Waals surface area contributed by atoms with Crippen LogP contribution in [-0.2, 0) is 0 Å². The number of thiocarbonyl (C=S) groups is 1. The molecule has 2 rings (SSSR count). The molecular formula is C14H9BrClFN2OS. The van der Waals surface area contributed by atoms with Crippen molar-refractivity contribution >= 4 is 56.3 Å². The molecule has 108 valence electrons. The summed E-state index contributed by atoms with van der Waals surface area (Å²) in [6, 6.07) is 8.75. The van der Waals surface area contributed by atoms with Crippen LogP contribution in [0.5, 0.6) is 0 Å². The van der Waals surface area contributed by atoms with Crippen molar-refractivity contribution in [1.82, 2.24) is 0 Å². The van der Waals surface area contributed by atoms with Gasteiger partial charge in [-0.3, -0.25) is 4.79 Å². The molecule has 0 fully saturated rings. The smallest absolute Gasteiger partial charge is 0.257 e. The van der Waals surface area contributed by atoms with E-state index in [2.05, 4.69) is 21.2 Å². The largest absolute Gasteiger partial charge is 0.389 e. The van der Waals surface area contributed by atoms with Gasteiger partial charge in [0.05, 0.1) is 16.3 Å². The number of carbonyl (C=O) groups excluding carboxylic acids is 1. The molecule has 0 radical (unpaired) electrons. The SMILES string of the molecule is NC(=S)c1cc(F)ccc1NC(=O)c1cccc(Br)c1Cl. The molecule has 0 aromatic heterocycles. The van der Waals surface area contributed by atoms with Gasteiger partial charge in [-0.25, -0.2) is 4.39 Å². The first-order valence-electron chi connectivity index (χ1n) is 5.75. The second-order valence-corrected chi connectivity index (χ2v) is 5.78. The molecule has 7 heteroatoms. The third kappa shape index (κ3) is 3.58. The Balaban J connectivity index is 2.36. The molecule has 0 atom stereocenters. The van der Waals surface area contributed by atoms with E-state index >= 15 is 0 Å². The molecule has 0 unspecified atom stereocenters. The van der Waals surface area contributed by atoms with E-state index in [0.717, 1.165) is 0 Å². The number of nitrogens with one attached hydrogen (secondary N) is 1. The van der Waals surface area contributed by atoms with E-state index in [1.165, 1.54) is 18.2 Å². The lowest BCUT2D eigenvalue weighted by molar-refractivity contribution is 0.102. The fourth-order valence-corrected chi connectivity index (χ4v) is 2.45. The van der Waals surface area contributed by atoms with Crippen molar-refractivity contribution in [1.29, 1.82) is 0 Å². The lowest BCUT2D eigenvalue weighted by atomic mass is 10.1. The van der Waals surface area contributed by atoms with Crippen molar-refractivity contribution in [2.75, 3.05) is 5.32 Å². The minimum Gasteiger partial charge on any atom is -0.389 e. The highest BCUT2D eigenvalue weighted by Gasteiger charge is 2.15. The Morgan fingerprint density at radius 3 is 2.67 bits per heavy atom. The molecule has 3 nitrogen and oxygen atoms in total. The number of hydrogen-bond acceptors (Lipinski definition) is 2. The maximum Gasteiger partial charge on any atom is 0.257 e. The number of anilines is 1. The van der Waals surface area contributed by atoms with Crippen LogP contribution < -0.4 is 11.1 Å². The molecule has 0 saturated carbocycles. The number of carbonyl (C=O) groups is 1. The monoisotopic (exact) mass is 386 g/mol. The van der Waals surface area contributed by atoms with Crippen molar-refractivity contribution < 1.29 is 9.18 Å². The minimum atomic E-state index is -0.490. The zero-order valence-electron chi connectivity index (χ0n) is 10.5. The van der Waals surface area contributed by atoms with Gasteiger partial charge >= 0.3 is 0 Å². The number of hydrogen-bond donors (Lipinski definition) is 2.